The van der Waals surface area contributed by atoms with E-state index in [1.54, 1.807) is 43.3 Å². The van der Waals surface area contributed by atoms with Gasteiger partial charge in [0.15, 0.2) is 5.75 Å². The Morgan fingerprint density at radius 3 is 1.89 bits per heavy atom. The molecule has 17 heteroatoms. The lowest BCUT2D eigenvalue weighted by molar-refractivity contribution is -0.254. The lowest BCUT2D eigenvalue weighted by atomic mass is 10.1. The lowest BCUT2D eigenvalue weighted by Crippen LogP contribution is -1.99. The molecule has 0 bridgehead atoms. The van der Waals surface area contributed by atoms with Crippen LogP contribution in [0.3, 0.4) is 0 Å². The number of aryl methyl sites for hydroxylation is 1. The predicted molar refractivity (Wildman–Crippen MR) is 164 cm³/mol. The monoisotopic (exact) mass is 668 g/mol. The zero-order valence-electron chi connectivity index (χ0n) is 23.6. The smallest absolute Gasteiger partial charge is 0.296 e. The van der Waals surface area contributed by atoms with Crippen LogP contribution in [-0.4, -0.2) is 41.6 Å². The second-order valence-electron chi connectivity index (χ2n) is 10.0. The van der Waals surface area contributed by atoms with Crippen molar-refractivity contribution in [3.63, 3.8) is 0 Å². The third-order valence-corrected chi connectivity index (χ3v) is 8.47. The number of azo groups is 2. The minimum absolute atomic E-state index is 0.0195. The highest BCUT2D eigenvalue weighted by Crippen LogP contribution is 2.43. The van der Waals surface area contributed by atoms with Crippen LogP contribution in [0.2, 0.25) is 0 Å². The summed E-state index contributed by atoms with van der Waals surface area (Å²) in [6, 6.07) is 17.1. The average Bonchev–Trinajstić information content (AvgIpc) is 2.99. The predicted octanol–water partition coefficient (Wildman–Crippen LogP) is 7.31. The topological polar surface area (TPSA) is 237 Å². The SMILES string of the molecule is Cc1ccc2cc(S(=O)(=O)O)c(N=Nc3ccc(N=Nc4cc(COO)cc(COO)c4)c4ccc(S(=O)(=O)O)cc34)c(O)c2c1. The van der Waals surface area contributed by atoms with Crippen LogP contribution in [-0.2, 0) is 43.2 Å². The zero-order chi connectivity index (χ0) is 33.2. The molecule has 0 heterocycles. The van der Waals surface area contributed by atoms with Crippen molar-refractivity contribution in [3.8, 4) is 5.75 Å². The van der Waals surface area contributed by atoms with E-state index < -0.39 is 41.5 Å². The van der Waals surface area contributed by atoms with E-state index in [4.69, 9.17) is 10.5 Å². The Morgan fingerprint density at radius 2 is 1.28 bits per heavy atom. The Bertz CT molecular complexity index is 2250. The highest BCUT2D eigenvalue weighted by molar-refractivity contribution is 7.86. The minimum atomic E-state index is -4.88. The van der Waals surface area contributed by atoms with Crippen molar-refractivity contribution in [1.82, 2.24) is 0 Å². The van der Waals surface area contributed by atoms with Crippen molar-refractivity contribution in [3.05, 3.63) is 89.5 Å². The van der Waals surface area contributed by atoms with Crippen LogP contribution in [0.4, 0.5) is 22.7 Å². The molecule has 0 atom stereocenters. The van der Waals surface area contributed by atoms with Gasteiger partial charge < -0.3 is 5.11 Å². The first-order valence-electron chi connectivity index (χ1n) is 13.1. The zero-order valence-corrected chi connectivity index (χ0v) is 25.3. The Labute approximate surface area is 261 Å². The molecule has 0 radical (unpaired) electrons. The second-order valence-corrected chi connectivity index (χ2v) is 12.8. The second kappa shape index (κ2) is 12.9. The van der Waals surface area contributed by atoms with Crippen molar-refractivity contribution < 1.29 is 51.3 Å². The van der Waals surface area contributed by atoms with Crippen molar-refractivity contribution in [2.24, 2.45) is 20.5 Å². The van der Waals surface area contributed by atoms with Crippen LogP contribution < -0.4 is 0 Å². The molecule has 0 saturated heterocycles. The molecule has 5 aromatic rings. The lowest BCUT2D eigenvalue weighted by Gasteiger charge is -2.10. The molecule has 5 rings (SSSR count). The van der Waals surface area contributed by atoms with Gasteiger partial charge in [0.2, 0.25) is 0 Å². The average molecular weight is 669 g/mol. The Balaban J connectivity index is 1.66. The van der Waals surface area contributed by atoms with E-state index in [0.717, 1.165) is 23.8 Å². The Hall–Kier alpha value is -4.72. The molecule has 46 heavy (non-hydrogen) atoms. The maximum absolute atomic E-state index is 12.2. The molecule has 0 fully saturated rings. The van der Waals surface area contributed by atoms with Gasteiger partial charge in [-0.2, -0.15) is 21.9 Å². The molecule has 0 aliphatic heterocycles. The Kier molecular flexibility index (Phi) is 9.20. The molecule has 0 aliphatic rings. The summed E-state index contributed by atoms with van der Waals surface area (Å²) in [7, 11) is -9.55. The van der Waals surface area contributed by atoms with E-state index in [-0.39, 0.29) is 46.4 Å². The highest BCUT2D eigenvalue weighted by Gasteiger charge is 2.22. The largest absolute Gasteiger partial charge is 0.505 e. The van der Waals surface area contributed by atoms with Gasteiger partial charge in [-0.1, -0.05) is 29.8 Å². The van der Waals surface area contributed by atoms with Gasteiger partial charge in [-0.3, -0.25) is 19.6 Å². The summed E-state index contributed by atoms with van der Waals surface area (Å²) in [6.45, 7) is 1.39. The van der Waals surface area contributed by atoms with Crippen LogP contribution in [0.5, 0.6) is 5.75 Å². The first kappa shape index (κ1) is 32.7. The van der Waals surface area contributed by atoms with Crippen LogP contribution in [0.1, 0.15) is 16.7 Å². The van der Waals surface area contributed by atoms with Gasteiger partial charge in [0.25, 0.3) is 20.2 Å². The molecule has 5 aromatic carbocycles. The summed E-state index contributed by atoms with van der Waals surface area (Å²) in [5, 5.41) is 46.1. The summed E-state index contributed by atoms with van der Waals surface area (Å²) < 4.78 is 68.0. The maximum Gasteiger partial charge on any atom is 0.296 e. The van der Waals surface area contributed by atoms with Crippen molar-refractivity contribution >= 4 is 64.5 Å². The third kappa shape index (κ3) is 7.06. The number of benzene rings is 5. The minimum Gasteiger partial charge on any atom is -0.505 e. The third-order valence-electron chi connectivity index (χ3n) is 6.76. The van der Waals surface area contributed by atoms with Crippen LogP contribution in [0, 0.1) is 6.92 Å². The van der Waals surface area contributed by atoms with E-state index in [1.807, 2.05) is 0 Å². The number of fused-ring (bicyclic) bond motifs is 2. The van der Waals surface area contributed by atoms with Crippen molar-refractivity contribution in [2.75, 3.05) is 0 Å². The van der Waals surface area contributed by atoms with Gasteiger partial charge in [-0.05, 0) is 72.0 Å². The van der Waals surface area contributed by atoms with E-state index in [0.29, 0.717) is 16.5 Å². The number of aromatic hydroxyl groups is 1. The van der Waals surface area contributed by atoms with Gasteiger partial charge in [0, 0.05) is 16.2 Å². The fraction of sp³-hybridized carbons (Fsp3) is 0.103. The molecule has 0 saturated carbocycles. The number of hydrogen-bond acceptors (Lipinski definition) is 13. The quantitative estimate of drug-likeness (QED) is 0.0428. The maximum atomic E-state index is 12.2. The molecule has 0 unspecified atom stereocenters. The van der Waals surface area contributed by atoms with Gasteiger partial charge in [0.1, 0.15) is 23.8 Å². The molecule has 0 aromatic heterocycles. The van der Waals surface area contributed by atoms with E-state index >= 15 is 0 Å². The molecular weight excluding hydrogens is 644 g/mol. The molecule has 15 nitrogen and oxygen atoms in total. The van der Waals surface area contributed by atoms with E-state index in [2.05, 4.69) is 30.2 Å². The summed E-state index contributed by atoms with van der Waals surface area (Å²) in [4.78, 5) is 7.15. The standard InChI is InChI=1S/C29H24N4O11S2/c1-16-2-3-19-12-27(46(40,41)42)28(29(34)23(19)8-16)33-32-26-7-6-25(22-5-4-21(13-24(22)26)45(37,38)39)31-30-20-10-17(14-43-35)9-18(11-20)15-44-36/h2-13,34-36H,14-15H2,1H3,(H,37,38,39)(H,40,41,42). The van der Waals surface area contributed by atoms with Crippen molar-refractivity contribution in [1.29, 1.82) is 0 Å². The Morgan fingerprint density at radius 1 is 0.652 bits per heavy atom. The molecule has 5 N–H and O–H groups in total. The first-order valence-corrected chi connectivity index (χ1v) is 15.9. The molecular formula is C29H24N4O11S2. The van der Waals surface area contributed by atoms with E-state index in [1.165, 1.54) is 18.2 Å². The molecule has 0 amide bonds. The summed E-state index contributed by atoms with van der Waals surface area (Å²) in [6.07, 6.45) is 0. The fourth-order valence-electron chi connectivity index (χ4n) is 4.71. The molecule has 238 valence electrons. The van der Waals surface area contributed by atoms with Gasteiger partial charge in [-0.15, -0.1) is 15.3 Å². The normalized spacial score (nSPS) is 12.6. The van der Waals surface area contributed by atoms with E-state index in [9.17, 15) is 31.0 Å². The number of nitrogens with zero attached hydrogens (tertiary/aromatic N) is 4. The van der Waals surface area contributed by atoms with Crippen molar-refractivity contribution in [2.45, 2.75) is 29.9 Å². The van der Waals surface area contributed by atoms with Crippen LogP contribution >= 0.6 is 0 Å². The van der Waals surface area contributed by atoms with Gasteiger partial charge >= 0.3 is 0 Å². The highest BCUT2D eigenvalue weighted by atomic mass is 32.2. The number of rotatable bonds is 10. The number of hydrogen-bond donors (Lipinski definition) is 5. The summed E-state index contributed by atoms with van der Waals surface area (Å²) >= 11 is 0. The van der Waals surface area contributed by atoms with Gasteiger partial charge in [-0.25, -0.2) is 9.78 Å². The number of phenols is 1. The van der Waals surface area contributed by atoms with Gasteiger partial charge in [0.05, 0.1) is 22.0 Å². The van der Waals surface area contributed by atoms with Crippen LogP contribution in [0.15, 0.2) is 103 Å². The summed E-state index contributed by atoms with van der Waals surface area (Å²) in [5.41, 5.74) is 1.65. The first-order chi connectivity index (χ1) is 21.8. The molecule has 0 spiro atoms. The molecule has 0 aliphatic carbocycles. The number of phenolic OH excluding ortho intramolecular Hbond substituents is 1. The summed E-state index contributed by atoms with van der Waals surface area (Å²) in [5.74, 6) is -0.564. The van der Waals surface area contributed by atoms with Crippen LogP contribution in [0.25, 0.3) is 21.5 Å². The fourth-order valence-corrected chi connectivity index (χ4v) is 5.88.